The molecule has 4 rings (SSSR count). The second-order valence-corrected chi connectivity index (χ2v) is 10.8. The van der Waals surface area contributed by atoms with Crippen LogP contribution in [-0.4, -0.2) is 70.0 Å². The number of rotatable bonds is 7. The van der Waals surface area contributed by atoms with Crippen molar-refractivity contribution in [3.05, 3.63) is 53.6 Å². The zero-order chi connectivity index (χ0) is 24.1. The van der Waals surface area contributed by atoms with E-state index >= 15 is 0 Å². The number of amides is 1. The number of anilines is 1. The van der Waals surface area contributed by atoms with Gasteiger partial charge in [0.2, 0.25) is 15.9 Å². The molecular formula is C25H33N3O5S. The molecule has 0 aromatic heterocycles. The summed E-state index contributed by atoms with van der Waals surface area (Å²) in [6, 6.07) is 13.3. The van der Waals surface area contributed by atoms with Crippen LogP contribution in [0, 0.1) is 12.8 Å². The lowest BCUT2D eigenvalue weighted by atomic mass is 9.95. The average Bonchev–Trinajstić information content (AvgIpc) is 2.85. The molecule has 2 fully saturated rings. The maximum absolute atomic E-state index is 13.2. The molecule has 0 bridgehead atoms. The molecule has 2 heterocycles. The van der Waals surface area contributed by atoms with Crippen LogP contribution in [0.1, 0.15) is 24.0 Å². The second-order valence-electron chi connectivity index (χ2n) is 8.91. The summed E-state index contributed by atoms with van der Waals surface area (Å²) >= 11 is 0. The van der Waals surface area contributed by atoms with E-state index in [1.54, 1.807) is 12.1 Å². The summed E-state index contributed by atoms with van der Waals surface area (Å²) in [7, 11) is -2.32. The number of likely N-dealkylation sites (tertiary alicyclic amines) is 1. The summed E-state index contributed by atoms with van der Waals surface area (Å²) in [5, 5.41) is 2.93. The molecule has 0 unspecified atom stereocenters. The Balaban J connectivity index is 1.39. The minimum absolute atomic E-state index is 0.0580. The van der Waals surface area contributed by atoms with E-state index < -0.39 is 10.0 Å². The van der Waals surface area contributed by atoms with Crippen LogP contribution < -0.4 is 10.1 Å². The van der Waals surface area contributed by atoms with Gasteiger partial charge in [-0.25, -0.2) is 8.42 Å². The number of ether oxygens (including phenoxy) is 2. The van der Waals surface area contributed by atoms with Gasteiger partial charge in [0, 0.05) is 31.2 Å². The third-order valence-electron chi connectivity index (χ3n) is 6.47. The van der Waals surface area contributed by atoms with Gasteiger partial charge in [0.1, 0.15) is 10.6 Å². The van der Waals surface area contributed by atoms with Gasteiger partial charge in [0.15, 0.2) is 0 Å². The molecule has 0 aliphatic carbocycles. The third kappa shape index (κ3) is 5.78. The van der Waals surface area contributed by atoms with Crippen molar-refractivity contribution >= 4 is 21.6 Å². The van der Waals surface area contributed by atoms with Gasteiger partial charge < -0.3 is 14.8 Å². The molecular weight excluding hydrogens is 454 g/mol. The summed E-state index contributed by atoms with van der Waals surface area (Å²) in [4.78, 5) is 15.4. The molecule has 2 aliphatic heterocycles. The van der Waals surface area contributed by atoms with E-state index in [9.17, 15) is 13.2 Å². The zero-order valence-corrected chi connectivity index (χ0v) is 20.6. The van der Waals surface area contributed by atoms with Crippen molar-refractivity contribution in [3.63, 3.8) is 0 Å². The molecule has 2 aromatic rings. The van der Waals surface area contributed by atoms with Crippen LogP contribution in [0.15, 0.2) is 47.4 Å². The van der Waals surface area contributed by atoms with Gasteiger partial charge in [-0.15, -0.1) is 0 Å². The lowest BCUT2D eigenvalue weighted by Crippen LogP contribution is -2.40. The summed E-state index contributed by atoms with van der Waals surface area (Å²) < 4.78 is 38.4. The first kappa shape index (κ1) is 24.7. The van der Waals surface area contributed by atoms with Crippen molar-refractivity contribution in [1.29, 1.82) is 0 Å². The third-order valence-corrected chi connectivity index (χ3v) is 8.39. The smallest absolute Gasteiger partial charge is 0.246 e. The number of hydrogen-bond donors (Lipinski definition) is 1. The van der Waals surface area contributed by atoms with E-state index in [0.29, 0.717) is 32.0 Å². The lowest BCUT2D eigenvalue weighted by Gasteiger charge is -2.31. The van der Waals surface area contributed by atoms with Gasteiger partial charge in [-0.05, 0) is 56.6 Å². The number of sulfonamides is 1. The molecule has 1 amide bonds. The van der Waals surface area contributed by atoms with E-state index in [1.807, 2.05) is 0 Å². The van der Waals surface area contributed by atoms with Crippen LogP contribution in [-0.2, 0) is 26.1 Å². The normalized spacial score (nSPS) is 18.5. The Bertz CT molecular complexity index is 1110. The Labute approximate surface area is 201 Å². The SMILES string of the molecule is COc1ccc(NC(=O)C2CCN(Cc3cccc(C)c3)CC2)cc1S(=O)(=O)N1CCOCC1. The number of carbonyl (C=O) groups excluding carboxylic acids is 1. The number of piperidine rings is 1. The second kappa shape index (κ2) is 10.9. The summed E-state index contributed by atoms with van der Waals surface area (Å²) in [5.41, 5.74) is 3.00. The standard InChI is InChI=1S/C25H33N3O5S/c1-19-4-3-5-20(16-19)18-27-10-8-21(9-11-27)25(29)26-22-6-7-23(32-2)24(17-22)34(30,31)28-12-14-33-15-13-28/h3-7,16-17,21H,8-15,18H2,1-2H3,(H,26,29). The molecule has 8 nitrogen and oxygen atoms in total. The monoisotopic (exact) mass is 487 g/mol. The molecule has 0 spiro atoms. The molecule has 34 heavy (non-hydrogen) atoms. The average molecular weight is 488 g/mol. The van der Waals surface area contributed by atoms with Gasteiger partial charge >= 0.3 is 0 Å². The molecule has 2 aliphatic rings. The van der Waals surface area contributed by atoms with Gasteiger partial charge in [-0.3, -0.25) is 9.69 Å². The Kier molecular flexibility index (Phi) is 7.88. The molecule has 1 N–H and O–H groups in total. The van der Waals surface area contributed by atoms with Gasteiger partial charge in [-0.1, -0.05) is 29.8 Å². The van der Waals surface area contributed by atoms with Crippen LogP contribution in [0.5, 0.6) is 5.75 Å². The number of aryl methyl sites for hydroxylation is 1. The summed E-state index contributed by atoms with van der Waals surface area (Å²) in [6.45, 7) is 6.00. The van der Waals surface area contributed by atoms with Crippen molar-refractivity contribution in [3.8, 4) is 5.75 Å². The van der Waals surface area contributed by atoms with Gasteiger partial charge in [0.05, 0.1) is 20.3 Å². The number of benzene rings is 2. The van der Waals surface area contributed by atoms with E-state index in [0.717, 1.165) is 32.5 Å². The summed E-state index contributed by atoms with van der Waals surface area (Å²) in [5.74, 6) is 0.0826. The molecule has 184 valence electrons. The lowest BCUT2D eigenvalue weighted by molar-refractivity contribution is -0.121. The predicted octanol–water partition coefficient (Wildman–Crippen LogP) is 2.88. The predicted molar refractivity (Wildman–Crippen MR) is 130 cm³/mol. The molecule has 0 radical (unpaired) electrons. The van der Waals surface area contributed by atoms with Crippen molar-refractivity contribution in [2.24, 2.45) is 5.92 Å². The van der Waals surface area contributed by atoms with Crippen molar-refractivity contribution in [2.75, 3.05) is 51.8 Å². The van der Waals surface area contributed by atoms with Crippen LogP contribution in [0.2, 0.25) is 0 Å². The Morgan fingerprint density at radius 1 is 1.09 bits per heavy atom. The molecule has 2 aromatic carbocycles. The first-order chi connectivity index (χ1) is 16.4. The molecule has 2 saturated heterocycles. The highest BCUT2D eigenvalue weighted by atomic mass is 32.2. The van der Waals surface area contributed by atoms with E-state index in [4.69, 9.17) is 9.47 Å². The van der Waals surface area contributed by atoms with E-state index in [1.165, 1.54) is 28.6 Å². The van der Waals surface area contributed by atoms with Crippen molar-refractivity contribution in [1.82, 2.24) is 9.21 Å². The number of nitrogens with one attached hydrogen (secondary N) is 1. The first-order valence-electron chi connectivity index (χ1n) is 11.7. The van der Waals surface area contributed by atoms with Gasteiger partial charge in [-0.2, -0.15) is 4.31 Å². The molecule has 9 heteroatoms. The van der Waals surface area contributed by atoms with Crippen LogP contribution in [0.4, 0.5) is 5.69 Å². The largest absolute Gasteiger partial charge is 0.495 e. The van der Waals surface area contributed by atoms with Crippen molar-refractivity contribution in [2.45, 2.75) is 31.2 Å². The Hall–Kier alpha value is -2.46. The van der Waals surface area contributed by atoms with Crippen LogP contribution >= 0.6 is 0 Å². The number of nitrogens with zero attached hydrogens (tertiary/aromatic N) is 2. The maximum Gasteiger partial charge on any atom is 0.246 e. The van der Waals surface area contributed by atoms with Crippen LogP contribution in [0.3, 0.4) is 0 Å². The van der Waals surface area contributed by atoms with Gasteiger partial charge in [0.25, 0.3) is 0 Å². The Morgan fingerprint density at radius 3 is 2.50 bits per heavy atom. The number of methoxy groups -OCH3 is 1. The minimum Gasteiger partial charge on any atom is -0.495 e. The quantitative estimate of drug-likeness (QED) is 0.646. The highest BCUT2D eigenvalue weighted by molar-refractivity contribution is 7.89. The van der Waals surface area contributed by atoms with Crippen LogP contribution in [0.25, 0.3) is 0 Å². The zero-order valence-electron chi connectivity index (χ0n) is 19.8. The number of morpholine rings is 1. The fourth-order valence-corrected chi connectivity index (χ4v) is 6.14. The highest BCUT2D eigenvalue weighted by Crippen LogP contribution is 2.31. The first-order valence-corrected chi connectivity index (χ1v) is 13.2. The van der Waals surface area contributed by atoms with Crippen molar-refractivity contribution < 1.29 is 22.7 Å². The maximum atomic E-state index is 13.2. The van der Waals surface area contributed by atoms with E-state index in [2.05, 4.69) is 41.4 Å². The fraction of sp³-hybridized carbons (Fsp3) is 0.480. The topological polar surface area (TPSA) is 88.2 Å². The molecule has 0 saturated carbocycles. The fourth-order valence-electron chi connectivity index (χ4n) is 4.55. The minimum atomic E-state index is -3.76. The summed E-state index contributed by atoms with van der Waals surface area (Å²) in [6.07, 6.45) is 1.54. The molecule has 0 atom stereocenters. The number of carbonyl (C=O) groups is 1. The van der Waals surface area contributed by atoms with E-state index in [-0.39, 0.29) is 22.5 Å². The Morgan fingerprint density at radius 2 is 1.82 bits per heavy atom. The highest BCUT2D eigenvalue weighted by Gasteiger charge is 2.30. The number of hydrogen-bond acceptors (Lipinski definition) is 6.